The second-order valence-electron chi connectivity index (χ2n) is 5.24. The number of nitrogens with one attached hydrogen (secondary N) is 2. The highest BCUT2D eigenvalue weighted by Gasteiger charge is 2.22. The highest BCUT2D eigenvalue weighted by Crippen LogP contribution is 2.28. The average Bonchev–Trinajstić information content (AvgIpc) is 2.49. The molecule has 2 N–H and O–H groups in total. The lowest BCUT2D eigenvalue weighted by molar-refractivity contribution is -0.121. The summed E-state index contributed by atoms with van der Waals surface area (Å²) in [5, 5.41) is 6.02. The number of amides is 1. The first-order valence-electron chi connectivity index (χ1n) is 7.33. The van der Waals surface area contributed by atoms with Crippen LogP contribution in [0.25, 0.3) is 0 Å². The van der Waals surface area contributed by atoms with Crippen LogP contribution in [-0.2, 0) is 22.5 Å². The predicted molar refractivity (Wildman–Crippen MR) is 80.3 cm³/mol. The van der Waals surface area contributed by atoms with Gasteiger partial charge in [-0.1, -0.05) is 6.07 Å². The Kier molecular flexibility index (Phi) is 5.52. The van der Waals surface area contributed by atoms with Gasteiger partial charge >= 0.3 is 0 Å². The van der Waals surface area contributed by atoms with E-state index >= 15 is 0 Å². The molecule has 0 aliphatic heterocycles. The van der Waals surface area contributed by atoms with Crippen LogP contribution in [0.1, 0.15) is 30.1 Å². The number of hydrogen-bond acceptors (Lipinski definition) is 4. The van der Waals surface area contributed by atoms with Crippen molar-refractivity contribution in [3.05, 3.63) is 33.7 Å². The number of fused-ring (bicyclic) bond motifs is 1. The number of hydrogen-bond donors (Lipinski definition) is 2. The number of nitrogens with zero attached hydrogens (tertiary/aromatic N) is 1. The first kappa shape index (κ1) is 15.7. The van der Waals surface area contributed by atoms with Gasteiger partial charge in [0.25, 0.3) is 5.56 Å². The van der Waals surface area contributed by atoms with Crippen molar-refractivity contribution < 1.29 is 9.53 Å². The molecule has 1 amide bonds. The second-order valence-corrected chi connectivity index (χ2v) is 5.24. The molecule has 6 nitrogen and oxygen atoms in total. The van der Waals surface area contributed by atoms with Crippen molar-refractivity contribution in [3.63, 3.8) is 0 Å². The first-order chi connectivity index (χ1) is 10.2. The molecule has 1 aliphatic rings. The fraction of sp³-hybridized carbons (Fsp3) is 0.600. The summed E-state index contributed by atoms with van der Waals surface area (Å²) in [6, 6.07) is 3.70. The molecule has 0 radical (unpaired) electrons. The van der Waals surface area contributed by atoms with Gasteiger partial charge in [-0.05, 0) is 31.9 Å². The first-order valence-corrected chi connectivity index (χ1v) is 7.33. The van der Waals surface area contributed by atoms with E-state index in [1.165, 1.54) is 0 Å². The van der Waals surface area contributed by atoms with E-state index in [9.17, 15) is 9.59 Å². The molecule has 0 aromatic carbocycles. The maximum atomic E-state index is 12.1. The van der Waals surface area contributed by atoms with Crippen LogP contribution in [-0.4, -0.2) is 37.8 Å². The van der Waals surface area contributed by atoms with Gasteiger partial charge in [-0.2, -0.15) is 0 Å². The largest absolute Gasteiger partial charge is 0.383 e. The molecule has 1 aromatic rings. The third-order valence-electron chi connectivity index (χ3n) is 3.89. The summed E-state index contributed by atoms with van der Waals surface area (Å²) in [7, 11) is 3.51. The van der Waals surface area contributed by atoms with E-state index < -0.39 is 0 Å². The van der Waals surface area contributed by atoms with E-state index in [1.807, 2.05) is 13.1 Å². The van der Waals surface area contributed by atoms with Crippen LogP contribution in [0.5, 0.6) is 0 Å². The van der Waals surface area contributed by atoms with Gasteiger partial charge in [0, 0.05) is 31.5 Å². The molecule has 116 valence electrons. The molecular weight excluding hydrogens is 270 g/mol. The molecule has 1 heterocycles. The summed E-state index contributed by atoms with van der Waals surface area (Å²) in [4.78, 5) is 24.0. The van der Waals surface area contributed by atoms with Crippen LogP contribution in [0, 0.1) is 0 Å². The van der Waals surface area contributed by atoms with Crippen LogP contribution < -0.4 is 16.2 Å². The number of ether oxygens (including phenoxy) is 1. The van der Waals surface area contributed by atoms with Crippen LogP contribution in [0.3, 0.4) is 0 Å². The molecule has 0 fully saturated rings. The molecule has 1 unspecified atom stereocenters. The molecule has 2 rings (SSSR count). The quantitative estimate of drug-likeness (QED) is 0.735. The van der Waals surface area contributed by atoms with Crippen LogP contribution in [0.4, 0.5) is 0 Å². The van der Waals surface area contributed by atoms with Crippen LogP contribution in [0.15, 0.2) is 16.9 Å². The number of carbonyl (C=O) groups is 1. The molecule has 0 saturated carbocycles. The highest BCUT2D eigenvalue weighted by molar-refractivity contribution is 5.75. The Labute approximate surface area is 124 Å². The van der Waals surface area contributed by atoms with Gasteiger partial charge in [0.05, 0.1) is 6.61 Å². The minimum Gasteiger partial charge on any atom is -0.383 e. The van der Waals surface area contributed by atoms with Gasteiger partial charge in [0.1, 0.15) is 6.54 Å². The highest BCUT2D eigenvalue weighted by atomic mass is 16.5. The summed E-state index contributed by atoms with van der Waals surface area (Å²) in [5.74, 6) is -0.158. The number of aromatic nitrogens is 1. The molecule has 0 saturated heterocycles. The van der Waals surface area contributed by atoms with Crippen molar-refractivity contribution in [1.82, 2.24) is 15.2 Å². The average molecular weight is 293 g/mol. The van der Waals surface area contributed by atoms with E-state index in [1.54, 1.807) is 17.7 Å². The number of rotatable bonds is 6. The van der Waals surface area contributed by atoms with Crippen molar-refractivity contribution in [2.24, 2.45) is 0 Å². The molecule has 1 atom stereocenters. The molecular formula is C15H23N3O3. The number of carbonyl (C=O) groups excluding carboxylic acids is 1. The Morgan fingerprint density at radius 2 is 2.29 bits per heavy atom. The smallest absolute Gasteiger partial charge is 0.251 e. The van der Waals surface area contributed by atoms with E-state index in [0.717, 1.165) is 30.5 Å². The normalized spacial score (nSPS) is 17.3. The Hall–Kier alpha value is -1.66. The van der Waals surface area contributed by atoms with Crippen molar-refractivity contribution in [2.45, 2.75) is 31.8 Å². The predicted octanol–water partition coefficient (Wildman–Crippen LogP) is 0.208. The minimum atomic E-state index is -0.158. The molecule has 6 heteroatoms. The molecule has 0 bridgehead atoms. The molecule has 0 spiro atoms. The summed E-state index contributed by atoms with van der Waals surface area (Å²) in [5.41, 5.74) is 2.00. The monoisotopic (exact) mass is 293 g/mol. The summed E-state index contributed by atoms with van der Waals surface area (Å²) in [6.45, 7) is 0.996. The van der Waals surface area contributed by atoms with E-state index in [4.69, 9.17) is 4.74 Å². The summed E-state index contributed by atoms with van der Waals surface area (Å²) < 4.78 is 6.49. The molecule has 21 heavy (non-hydrogen) atoms. The third kappa shape index (κ3) is 3.71. The van der Waals surface area contributed by atoms with Gasteiger partial charge in [-0.15, -0.1) is 0 Å². The maximum Gasteiger partial charge on any atom is 0.251 e. The zero-order valence-electron chi connectivity index (χ0n) is 12.6. The van der Waals surface area contributed by atoms with Gasteiger partial charge in [0.2, 0.25) is 5.91 Å². The van der Waals surface area contributed by atoms with Crippen LogP contribution in [0.2, 0.25) is 0 Å². The summed E-state index contributed by atoms with van der Waals surface area (Å²) in [6.07, 6.45) is 2.92. The van der Waals surface area contributed by atoms with Gasteiger partial charge in [0.15, 0.2) is 0 Å². The topological polar surface area (TPSA) is 72.4 Å². The Bertz CT molecular complexity index is 554. The van der Waals surface area contributed by atoms with Crippen molar-refractivity contribution in [3.8, 4) is 0 Å². The van der Waals surface area contributed by atoms with Gasteiger partial charge in [-0.25, -0.2) is 0 Å². The Balaban J connectivity index is 2.19. The lowest BCUT2D eigenvalue weighted by Crippen LogP contribution is -2.37. The number of pyridine rings is 1. The van der Waals surface area contributed by atoms with Gasteiger partial charge in [-0.3, -0.25) is 9.59 Å². The fourth-order valence-electron chi connectivity index (χ4n) is 2.83. The van der Waals surface area contributed by atoms with Crippen molar-refractivity contribution >= 4 is 5.91 Å². The SMILES string of the molecule is CNC1CCCc2c1ccc(=O)n2CC(=O)NCCOC. The summed E-state index contributed by atoms with van der Waals surface area (Å²) >= 11 is 0. The third-order valence-corrected chi connectivity index (χ3v) is 3.89. The Morgan fingerprint density at radius 1 is 1.48 bits per heavy atom. The zero-order valence-corrected chi connectivity index (χ0v) is 12.6. The van der Waals surface area contributed by atoms with Crippen LogP contribution >= 0.6 is 0 Å². The zero-order chi connectivity index (χ0) is 15.2. The lowest BCUT2D eigenvalue weighted by Gasteiger charge is -2.27. The van der Waals surface area contributed by atoms with Crippen molar-refractivity contribution in [1.29, 1.82) is 0 Å². The minimum absolute atomic E-state index is 0.0716. The van der Waals surface area contributed by atoms with E-state index in [-0.39, 0.29) is 24.1 Å². The second kappa shape index (κ2) is 7.38. The Morgan fingerprint density at radius 3 is 3.00 bits per heavy atom. The van der Waals surface area contributed by atoms with Crippen molar-refractivity contribution in [2.75, 3.05) is 27.3 Å². The number of methoxy groups -OCH3 is 1. The molecule has 1 aromatic heterocycles. The fourth-order valence-corrected chi connectivity index (χ4v) is 2.83. The standard InChI is InChI=1S/C15H23N3O3/c1-16-12-4-3-5-13-11(12)6-7-15(20)18(13)10-14(19)17-8-9-21-2/h6-7,12,16H,3-5,8-10H2,1-2H3,(H,17,19). The van der Waals surface area contributed by atoms with E-state index in [2.05, 4.69) is 10.6 Å². The lowest BCUT2D eigenvalue weighted by atomic mass is 9.91. The van der Waals surface area contributed by atoms with E-state index in [0.29, 0.717) is 13.2 Å². The molecule has 1 aliphatic carbocycles. The van der Waals surface area contributed by atoms with Gasteiger partial charge < -0.3 is 19.9 Å². The maximum absolute atomic E-state index is 12.1.